The molecule has 0 saturated carbocycles. The second-order valence-corrected chi connectivity index (χ2v) is 7.33. The summed E-state index contributed by atoms with van der Waals surface area (Å²) < 4.78 is 0. The maximum Gasteiger partial charge on any atom is 0.228 e. The number of rotatable bonds is 3. The summed E-state index contributed by atoms with van der Waals surface area (Å²) in [5, 5.41) is 15.2. The molecule has 26 heavy (non-hydrogen) atoms. The van der Waals surface area contributed by atoms with Crippen molar-refractivity contribution in [3.63, 3.8) is 0 Å². The minimum atomic E-state index is 0.506. The zero-order valence-electron chi connectivity index (χ0n) is 15.1. The third kappa shape index (κ3) is 2.50. The number of benzene rings is 1. The molecule has 2 aliphatic rings. The van der Waals surface area contributed by atoms with Crippen molar-refractivity contribution in [2.24, 2.45) is 0 Å². The van der Waals surface area contributed by atoms with E-state index in [-0.39, 0.29) is 0 Å². The Bertz CT molecular complexity index is 948. The minimum Gasteiger partial charge on any atom is -0.340 e. The van der Waals surface area contributed by atoms with Gasteiger partial charge in [-0.3, -0.25) is 5.10 Å². The van der Waals surface area contributed by atoms with Crippen molar-refractivity contribution in [1.29, 1.82) is 0 Å². The average molecular weight is 349 g/mol. The molecular weight excluding hydrogens is 326 g/mol. The second kappa shape index (κ2) is 5.95. The van der Waals surface area contributed by atoms with Crippen LogP contribution in [0.1, 0.15) is 24.1 Å². The Kier molecular flexibility index (Phi) is 3.56. The first-order chi connectivity index (χ1) is 12.7. The normalized spacial score (nSPS) is 22.2. The van der Waals surface area contributed by atoms with Gasteiger partial charge in [0.1, 0.15) is 5.82 Å². The highest BCUT2D eigenvalue weighted by molar-refractivity contribution is 5.82. The van der Waals surface area contributed by atoms with Crippen molar-refractivity contribution < 1.29 is 0 Å². The van der Waals surface area contributed by atoms with Crippen LogP contribution in [0.2, 0.25) is 0 Å². The molecule has 2 unspecified atom stereocenters. The molecule has 2 bridgehead atoms. The molecule has 2 aliphatic heterocycles. The Morgan fingerprint density at radius 2 is 1.92 bits per heavy atom. The number of aryl methyl sites for hydroxylation is 1. The van der Waals surface area contributed by atoms with Crippen molar-refractivity contribution in [3.8, 4) is 0 Å². The molecule has 0 radical (unpaired) electrons. The summed E-state index contributed by atoms with van der Waals surface area (Å²) in [7, 11) is 0. The number of fused-ring (bicyclic) bond motifs is 3. The van der Waals surface area contributed by atoms with Crippen LogP contribution < -0.4 is 15.5 Å². The smallest absolute Gasteiger partial charge is 0.228 e. The summed E-state index contributed by atoms with van der Waals surface area (Å²) in [6, 6.07) is 7.18. The molecule has 1 aromatic carbocycles. The summed E-state index contributed by atoms with van der Waals surface area (Å²) in [4.78, 5) is 12.2. The topological polar surface area (TPSA) is 81.8 Å². The number of anilines is 3. The van der Waals surface area contributed by atoms with Gasteiger partial charge in [-0.15, -0.1) is 0 Å². The second-order valence-electron chi connectivity index (χ2n) is 7.33. The first-order valence-corrected chi connectivity index (χ1v) is 9.23. The van der Waals surface area contributed by atoms with Crippen LogP contribution in [0.15, 0.2) is 24.4 Å². The summed E-state index contributed by atoms with van der Waals surface area (Å²) in [5.41, 5.74) is 4.15. The van der Waals surface area contributed by atoms with Crippen LogP contribution in [-0.4, -0.2) is 45.3 Å². The van der Waals surface area contributed by atoms with Gasteiger partial charge in [0.05, 0.1) is 11.7 Å². The Morgan fingerprint density at radius 3 is 2.73 bits per heavy atom. The Morgan fingerprint density at radius 1 is 1.12 bits per heavy atom. The van der Waals surface area contributed by atoms with Crippen LogP contribution in [0, 0.1) is 13.8 Å². The van der Waals surface area contributed by atoms with Gasteiger partial charge in [-0.2, -0.15) is 10.1 Å². The van der Waals surface area contributed by atoms with E-state index >= 15 is 0 Å². The number of nitrogens with zero attached hydrogens (tertiary/aromatic N) is 4. The molecule has 2 saturated heterocycles. The molecule has 7 heteroatoms. The third-order valence-electron chi connectivity index (χ3n) is 5.69. The molecule has 0 amide bonds. The van der Waals surface area contributed by atoms with E-state index in [1.807, 2.05) is 18.3 Å². The lowest BCUT2D eigenvalue weighted by molar-refractivity contribution is 0.476. The van der Waals surface area contributed by atoms with Crippen LogP contribution in [-0.2, 0) is 0 Å². The Labute approximate surface area is 152 Å². The van der Waals surface area contributed by atoms with E-state index in [2.05, 4.69) is 45.6 Å². The zero-order valence-corrected chi connectivity index (χ0v) is 15.1. The monoisotopic (exact) mass is 349 g/mol. The number of hydrogen-bond acceptors (Lipinski definition) is 6. The van der Waals surface area contributed by atoms with Crippen molar-refractivity contribution in [1.82, 2.24) is 25.5 Å². The van der Waals surface area contributed by atoms with Crippen LogP contribution >= 0.6 is 0 Å². The fourth-order valence-corrected chi connectivity index (χ4v) is 4.11. The van der Waals surface area contributed by atoms with E-state index in [0.717, 1.165) is 52.7 Å². The maximum atomic E-state index is 4.91. The SMILES string of the molecule is Cc1nc(N2C3CCC2CNC3)nc(Nc2ccc3[nH]ncc3c2)c1C. The molecule has 2 fully saturated rings. The molecule has 0 spiro atoms. The first-order valence-electron chi connectivity index (χ1n) is 9.23. The van der Waals surface area contributed by atoms with Crippen molar-refractivity contribution >= 4 is 28.4 Å². The predicted molar refractivity (Wildman–Crippen MR) is 103 cm³/mol. The molecule has 0 aliphatic carbocycles. The summed E-state index contributed by atoms with van der Waals surface area (Å²) >= 11 is 0. The number of piperazine rings is 1. The largest absolute Gasteiger partial charge is 0.340 e. The lowest BCUT2D eigenvalue weighted by atomic mass is 10.2. The summed E-state index contributed by atoms with van der Waals surface area (Å²) in [5.74, 6) is 1.74. The van der Waals surface area contributed by atoms with E-state index < -0.39 is 0 Å². The van der Waals surface area contributed by atoms with Gasteiger partial charge < -0.3 is 15.5 Å². The molecule has 4 heterocycles. The molecular formula is C19H23N7. The maximum absolute atomic E-state index is 4.91. The highest BCUT2D eigenvalue weighted by Crippen LogP contribution is 2.32. The van der Waals surface area contributed by atoms with E-state index in [9.17, 15) is 0 Å². The molecule has 2 aromatic heterocycles. The standard InChI is InChI=1S/C19H23N7/c1-11-12(2)22-19(26-15-4-5-16(26)10-20-9-15)24-18(11)23-14-3-6-17-13(7-14)8-21-25-17/h3,6-8,15-16,20H,4-5,9-10H2,1-2H3,(H,21,25)(H,22,23,24). The molecule has 5 rings (SSSR count). The highest BCUT2D eigenvalue weighted by Gasteiger charge is 2.38. The summed E-state index contributed by atoms with van der Waals surface area (Å²) in [6.07, 6.45) is 4.27. The molecule has 7 nitrogen and oxygen atoms in total. The van der Waals surface area contributed by atoms with Gasteiger partial charge in [0.2, 0.25) is 5.95 Å². The van der Waals surface area contributed by atoms with Crippen LogP contribution in [0.25, 0.3) is 10.9 Å². The number of H-pyrrole nitrogens is 1. The minimum absolute atomic E-state index is 0.506. The van der Waals surface area contributed by atoms with Gasteiger partial charge >= 0.3 is 0 Å². The van der Waals surface area contributed by atoms with E-state index in [0.29, 0.717) is 12.1 Å². The Balaban J connectivity index is 1.51. The highest BCUT2D eigenvalue weighted by atomic mass is 15.4. The van der Waals surface area contributed by atoms with Gasteiger partial charge in [-0.05, 0) is 44.9 Å². The fourth-order valence-electron chi connectivity index (χ4n) is 4.11. The Hall–Kier alpha value is -2.67. The van der Waals surface area contributed by atoms with Gasteiger partial charge in [0.25, 0.3) is 0 Å². The van der Waals surface area contributed by atoms with Crippen LogP contribution in [0.5, 0.6) is 0 Å². The summed E-state index contributed by atoms with van der Waals surface area (Å²) in [6.45, 7) is 6.18. The van der Waals surface area contributed by atoms with Crippen molar-refractivity contribution in [2.75, 3.05) is 23.3 Å². The molecule has 3 aromatic rings. The predicted octanol–water partition coefficient (Wildman–Crippen LogP) is 2.65. The van der Waals surface area contributed by atoms with Crippen LogP contribution in [0.4, 0.5) is 17.5 Å². The number of aromatic nitrogens is 4. The fraction of sp³-hybridized carbons (Fsp3) is 0.421. The van der Waals surface area contributed by atoms with Gasteiger partial charge in [0, 0.05) is 47.5 Å². The zero-order chi connectivity index (χ0) is 17.7. The average Bonchev–Trinajstić information content (AvgIpc) is 3.20. The molecule has 2 atom stereocenters. The number of aromatic amines is 1. The lowest BCUT2D eigenvalue weighted by Gasteiger charge is -2.35. The number of hydrogen-bond donors (Lipinski definition) is 3. The van der Waals surface area contributed by atoms with Gasteiger partial charge in [0.15, 0.2) is 0 Å². The van der Waals surface area contributed by atoms with E-state index in [1.165, 1.54) is 12.8 Å². The number of nitrogens with one attached hydrogen (secondary N) is 3. The van der Waals surface area contributed by atoms with E-state index in [4.69, 9.17) is 9.97 Å². The van der Waals surface area contributed by atoms with Gasteiger partial charge in [-0.25, -0.2) is 4.98 Å². The van der Waals surface area contributed by atoms with E-state index in [1.54, 1.807) is 0 Å². The van der Waals surface area contributed by atoms with Crippen LogP contribution in [0.3, 0.4) is 0 Å². The van der Waals surface area contributed by atoms with Crippen molar-refractivity contribution in [2.45, 2.75) is 38.8 Å². The van der Waals surface area contributed by atoms with Gasteiger partial charge in [-0.1, -0.05) is 0 Å². The molecule has 134 valence electrons. The molecule has 3 N–H and O–H groups in total. The quantitative estimate of drug-likeness (QED) is 0.674. The first kappa shape index (κ1) is 15.6. The lowest BCUT2D eigenvalue weighted by Crippen LogP contribution is -2.52. The van der Waals surface area contributed by atoms with Crippen molar-refractivity contribution in [3.05, 3.63) is 35.7 Å². The third-order valence-corrected chi connectivity index (χ3v) is 5.69.